The van der Waals surface area contributed by atoms with Gasteiger partial charge in [-0.2, -0.15) is 13.2 Å². The number of ketones is 1. The van der Waals surface area contributed by atoms with Gasteiger partial charge in [-0.05, 0) is 54.7 Å². The molecule has 0 saturated heterocycles. The number of aryl methyl sites for hydroxylation is 1. The molecule has 1 amide bonds. The van der Waals surface area contributed by atoms with Crippen molar-refractivity contribution in [2.24, 2.45) is 0 Å². The first kappa shape index (κ1) is 24.0. The van der Waals surface area contributed by atoms with Crippen LogP contribution in [0.5, 0.6) is 11.5 Å². The van der Waals surface area contributed by atoms with E-state index < -0.39 is 23.6 Å². The monoisotopic (exact) mass is 456 g/mol. The van der Waals surface area contributed by atoms with Crippen molar-refractivity contribution in [3.63, 3.8) is 0 Å². The van der Waals surface area contributed by atoms with E-state index in [2.05, 4.69) is 10.3 Å². The molecular weight excluding hydrogens is 433 g/mol. The number of hydrogen-bond donors (Lipinski definition) is 1. The minimum atomic E-state index is -4.50. The van der Waals surface area contributed by atoms with Crippen molar-refractivity contribution in [3.8, 4) is 11.5 Å². The lowest BCUT2D eigenvalue weighted by Gasteiger charge is -2.09. The van der Waals surface area contributed by atoms with Crippen LogP contribution in [0.1, 0.15) is 29.7 Å². The van der Waals surface area contributed by atoms with Crippen LogP contribution in [0, 0.1) is 0 Å². The molecule has 8 heteroatoms. The third kappa shape index (κ3) is 7.75. The lowest BCUT2D eigenvalue weighted by molar-refractivity contribution is -0.141. The second kappa shape index (κ2) is 11.3. The molecule has 0 fully saturated rings. The van der Waals surface area contributed by atoms with Crippen LogP contribution < -0.4 is 10.1 Å². The van der Waals surface area contributed by atoms with E-state index in [-0.39, 0.29) is 12.2 Å². The van der Waals surface area contributed by atoms with Gasteiger partial charge in [0.2, 0.25) is 5.78 Å². The van der Waals surface area contributed by atoms with Crippen LogP contribution in [0.3, 0.4) is 0 Å². The Morgan fingerprint density at radius 2 is 1.52 bits per heavy atom. The maximum Gasteiger partial charge on any atom is 0.433 e. The van der Waals surface area contributed by atoms with Crippen LogP contribution in [-0.2, 0) is 28.6 Å². The fourth-order valence-electron chi connectivity index (χ4n) is 3.10. The molecule has 5 nitrogen and oxygen atoms in total. The van der Waals surface area contributed by atoms with Crippen LogP contribution >= 0.6 is 0 Å². The predicted octanol–water partition coefficient (Wildman–Crippen LogP) is 5.14. The highest BCUT2D eigenvalue weighted by Crippen LogP contribution is 2.29. The molecule has 0 bridgehead atoms. The predicted molar refractivity (Wildman–Crippen MR) is 117 cm³/mol. The summed E-state index contributed by atoms with van der Waals surface area (Å²) in [4.78, 5) is 27.3. The molecule has 0 spiro atoms. The van der Waals surface area contributed by atoms with Crippen molar-refractivity contribution >= 4 is 11.7 Å². The Kier molecular flexibility index (Phi) is 8.18. The lowest BCUT2D eigenvalue weighted by Crippen LogP contribution is -2.32. The Labute approximate surface area is 189 Å². The summed E-state index contributed by atoms with van der Waals surface area (Å²) in [6.07, 6.45) is -1.40. The molecule has 172 valence electrons. The number of benzene rings is 2. The van der Waals surface area contributed by atoms with Gasteiger partial charge in [-0.3, -0.25) is 9.59 Å². The smallest absolute Gasteiger partial charge is 0.433 e. The van der Waals surface area contributed by atoms with Crippen LogP contribution in [0.25, 0.3) is 0 Å². The van der Waals surface area contributed by atoms with Gasteiger partial charge in [-0.25, -0.2) is 4.98 Å². The summed E-state index contributed by atoms with van der Waals surface area (Å²) in [6.45, 7) is 0.312. The first-order chi connectivity index (χ1) is 15.8. The number of aromatic nitrogens is 1. The van der Waals surface area contributed by atoms with Crippen molar-refractivity contribution in [1.29, 1.82) is 0 Å². The molecule has 3 rings (SSSR count). The number of halogens is 3. The van der Waals surface area contributed by atoms with Gasteiger partial charge in [0.05, 0.1) is 6.20 Å². The Bertz CT molecular complexity index is 1050. The normalized spacial score (nSPS) is 11.1. The number of nitrogens with one attached hydrogen (secondary N) is 1. The number of nitrogens with zero attached hydrogens (tertiary/aromatic N) is 1. The molecule has 2 aromatic carbocycles. The molecule has 33 heavy (non-hydrogen) atoms. The van der Waals surface area contributed by atoms with Crippen LogP contribution in [0.15, 0.2) is 72.9 Å². The number of rotatable bonds is 10. The van der Waals surface area contributed by atoms with Gasteiger partial charge in [0.15, 0.2) is 0 Å². The average molecular weight is 456 g/mol. The SMILES string of the molecule is O=C(CCCc1ccccc1)C(=O)NCCc1ccc(Oc2ccc(C(F)(F)F)nc2)cc1. The van der Waals surface area contributed by atoms with Crippen LogP contribution in [0.4, 0.5) is 13.2 Å². The molecule has 0 radical (unpaired) electrons. The number of carbonyl (C=O) groups is 2. The standard InChI is InChI=1S/C25H23F3N2O3/c26-25(27,28)23-14-13-21(17-30-23)33-20-11-9-19(10-12-20)15-16-29-24(32)22(31)8-4-7-18-5-2-1-3-6-18/h1-3,5-6,9-14,17H,4,7-8,15-16H2,(H,29,32). The molecule has 0 atom stereocenters. The van der Waals surface area contributed by atoms with Crippen molar-refractivity contribution in [3.05, 3.63) is 89.7 Å². The van der Waals surface area contributed by atoms with E-state index >= 15 is 0 Å². The number of pyridine rings is 1. The van der Waals surface area contributed by atoms with E-state index in [0.717, 1.165) is 29.8 Å². The Morgan fingerprint density at radius 3 is 2.15 bits per heavy atom. The third-order valence-electron chi connectivity index (χ3n) is 4.85. The van der Waals surface area contributed by atoms with Crippen molar-refractivity contribution in [2.75, 3.05) is 6.54 Å². The molecule has 0 aliphatic carbocycles. The minimum Gasteiger partial charge on any atom is -0.456 e. The summed E-state index contributed by atoms with van der Waals surface area (Å²) >= 11 is 0. The largest absolute Gasteiger partial charge is 0.456 e. The summed E-state index contributed by atoms with van der Waals surface area (Å²) in [5, 5.41) is 2.63. The molecule has 0 aliphatic rings. The quantitative estimate of drug-likeness (QED) is 0.429. The topological polar surface area (TPSA) is 68.3 Å². The fraction of sp³-hybridized carbons (Fsp3) is 0.240. The first-order valence-corrected chi connectivity index (χ1v) is 10.5. The molecule has 0 saturated carbocycles. The highest BCUT2D eigenvalue weighted by molar-refractivity contribution is 6.36. The molecule has 1 heterocycles. The molecule has 0 unspecified atom stereocenters. The van der Waals surface area contributed by atoms with Crippen molar-refractivity contribution in [2.45, 2.75) is 31.9 Å². The lowest BCUT2D eigenvalue weighted by atomic mass is 10.1. The number of Topliss-reactive ketones (excluding diaryl/α,β-unsaturated/α-hetero) is 1. The van der Waals surface area contributed by atoms with E-state index in [4.69, 9.17) is 4.74 Å². The summed E-state index contributed by atoms with van der Waals surface area (Å²) in [5.74, 6) is -0.385. The van der Waals surface area contributed by atoms with Crippen molar-refractivity contribution < 1.29 is 27.5 Å². The first-order valence-electron chi connectivity index (χ1n) is 10.5. The van der Waals surface area contributed by atoms with Crippen LogP contribution in [0.2, 0.25) is 0 Å². The highest BCUT2D eigenvalue weighted by Gasteiger charge is 2.32. The zero-order valence-electron chi connectivity index (χ0n) is 17.8. The number of alkyl halides is 3. The minimum absolute atomic E-state index is 0.189. The number of amides is 1. The van der Waals surface area contributed by atoms with E-state index in [1.165, 1.54) is 6.07 Å². The number of carbonyl (C=O) groups excluding carboxylic acids is 2. The Hall–Kier alpha value is -3.68. The Morgan fingerprint density at radius 1 is 0.848 bits per heavy atom. The van der Waals surface area contributed by atoms with E-state index in [1.54, 1.807) is 24.3 Å². The van der Waals surface area contributed by atoms with Gasteiger partial charge in [0, 0.05) is 13.0 Å². The van der Waals surface area contributed by atoms with E-state index in [1.807, 2.05) is 30.3 Å². The molecular formula is C25H23F3N2O3. The van der Waals surface area contributed by atoms with Gasteiger partial charge >= 0.3 is 6.18 Å². The Balaban J connectivity index is 1.38. The van der Waals surface area contributed by atoms with Gasteiger partial charge in [-0.15, -0.1) is 0 Å². The van der Waals surface area contributed by atoms with E-state index in [0.29, 0.717) is 25.1 Å². The fourth-order valence-corrected chi connectivity index (χ4v) is 3.10. The summed E-state index contributed by atoms with van der Waals surface area (Å²) in [6, 6.07) is 18.7. The summed E-state index contributed by atoms with van der Waals surface area (Å²) in [5.41, 5.74) is 1.05. The second-order valence-electron chi connectivity index (χ2n) is 7.39. The molecule has 1 aromatic heterocycles. The van der Waals surface area contributed by atoms with Gasteiger partial charge < -0.3 is 10.1 Å². The number of ether oxygens (including phenoxy) is 1. The van der Waals surface area contributed by atoms with Crippen LogP contribution in [-0.4, -0.2) is 23.2 Å². The van der Waals surface area contributed by atoms with Gasteiger partial charge in [0.25, 0.3) is 5.91 Å². The summed E-state index contributed by atoms with van der Waals surface area (Å²) in [7, 11) is 0. The summed E-state index contributed by atoms with van der Waals surface area (Å²) < 4.78 is 43.2. The third-order valence-corrected chi connectivity index (χ3v) is 4.85. The van der Waals surface area contributed by atoms with Crippen molar-refractivity contribution in [1.82, 2.24) is 10.3 Å². The zero-order valence-corrected chi connectivity index (χ0v) is 17.8. The number of hydrogen-bond acceptors (Lipinski definition) is 4. The maximum absolute atomic E-state index is 12.6. The van der Waals surface area contributed by atoms with Gasteiger partial charge in [0.1, 0.15) is 17.2 Å². The molecule has 1 N–H and O–H groups in total. The zero-order chi connectivity index (χ0) is 23.7. The molecule has 0 aliphatic heterocycles. The molecule has 3 aromatic rings. The van der Waals surface area contributed by atoms with Gasteiger partial charge in [-0.1, -0.05) is 42.5 Å². The average Bonchev–Trinajstić information content (AvgIpc) is 2.80. The maximum atomic E-state index is 12.6. The van der Waals surface area contributed by atoms with E-state index in [9.17, 15) is 22.8 Å². The second-order valence-corrected chi connectivity index (χ2v) is 7.39. The highest BCUT2D eigenvalue weighted by atomic mass is 19.4.